The van der Waals surface area contributed by atoms with Crippen molar-refractivity contribution in [3.8, 4) is 11.5 Å². The Labute approximate surface area is 204 Å². The average molecular weight is 507 g/mol. The Morgan fingerprint density at radius 3 is 2.46 bits per heavy atom. The first-order valence-corrected chi connectivity index (χ1v) is 11.5. The second kappa shape index (κ2) is 9.13. The number of benzene rings is 2. The van der Waals surface area contributed by atoms with Crippen LogP contribution in [0.4, 0.5) is 13.2 Å². The fourth-order valence-corrected chi connectivity index (χ4v) is 4.58. The van der Waals surface area contributed by atoms with Crippen LogP contribution in [0, 0.1) is 0 Å². The summed E-state index contributed by atoms with van der Waals surface area (Å²) < 4.78 is 58.3. The number of rotatable bonds is 4. The molecule has 0 aromatic heterocycles. The van der Waals surface area contributed by atoms with Crippen LogP contribution in [0.15, 0.2) is 65.4 Å². The van der Waals surface area contributed by atoms with E-state index in [0.717, 1.165) is 11.1 Å². The van der Waals surface area contributed by atoms with E-state index in [1.807, 2.05) is 46.6 Å². The van der Waals surface area contributed by atoms with Gasteiger partial charge in [-0.3, -0.25) is 10.1 Å². The first kappa shape index (κ1) is 23.6. The van der Waals surface area contributed by atoms with E-state index < -0.39 is 18.0 Å². The number of nitrogens with zero attached hydrogens (tertiary/aromatic N) is 1. The predicted octanol–water partition coefficient (Wildman–Crippen LogP) is 4.91. The number of hydrogen-bond acceptors (Lipinski definition) is 5. The van der Waals surface area contributed by atoms with Crippen LogP contribution in [-0.4, -0.2) is 49.2 Å². The molecule has 1 saturated heterocycles. The Morgan fingerprint density at radius 2 is 1.74 bits per heavy atom. The molecule has 6 nitrogen and oxygen atoms in total. The monoisotopic (exact) mass is 506 g/mol. The highest BCUT2D eigenvalue weighted by molar-refractivity contribution is 6.30. The van der Waals surface area contributed by atoms with E-state index in [1.54, 1.807) is 0 Å². The van der Waals surface area contributed by atoms with Gasteiger partial charge in [-0.25, -0.2) is 0 Å². The lowest BCUT2D eigenvalue weighted by molar-refractivity contribution is -0.319. The summed E-state index contributed by atoms with van der Waals surface area (Å²) in [4.78, 5) is 15.4. The molecule has 3 aliphatic rings. The molecular formula is C25H22ClF3N2O4. The molecule has 0 spiro atoms. The van der Waals surface area contributed by atoms with Gasteiger partial charge in [0.05, 0.1) is 13.2 Å². The minimum atomic E-state index is -5.06. The first-order valence-electron chi connectivity index (χ1n) is 11.1. The maximum absolute atomic E-state index is 14.2. The average Bonchev–Trinajstić information content (AvgIpc) is 3.41. The summed E-state index contributed by atoms with van der Waals surface area (Å²) >= 11 is 5.89. The molecular weight excluding hydrogens is 485 g/mol. The van der Waals surface area contributed by atoms with Crippen molar-refractivity contribution < 1.29 is 32.2 Å². The number of carbonyl (C=O) groups excluding carboxylic acids is 1. The number of nitrogens with one attached hydrogen (secondary N) is 1. The van der Waals surface area contributed by atoms with E-state index in [9.17, 15) is 18.0 Å². The summed E-state index contributed by atoms with van der Waals surface area (Å²) in [6.07, 6.45) is -2.30. The highest BCUT2D eigenvalue weighted by atomic mass is 35.5. The molecule has 1 N–H and O–H groups in total. The third-order valence-corrected chi connectivity index (χ3v) is 6.28. The largest absolute Gasteiger partial charge is 0.492 e. The standard InChI is InChI=1S/C25H22ClF3N2O4/c26-18-7-9-20-21(15-18)35-25(34-20,24(27,28)29)30-23(32)19-8-6-17(14-16-4-2-1-3-5-16)22(19)31-10-12-33-13-11-31/h1-5,7,9,14-15H,6,8,10-13H2,(H,30,32)/b17-14+/t25-/m1/s1. The predicted molar refractivity (Wildman–Crippen MR) is 123 cm³/mol. The van der Waals surface area contributed by atoms with Gasteiger partial charge >= 0.3 is 12.1 Å². The number of fused-ring (bicyclic) bond motifs is 1. The lowest BCUT2D eigenvalue weighted by atomic mass is 10.1. The molecule has 2 aromatic rings. The van der Waals surface area contributed by atoms with Crippen LogP contribution in [0.1, 0.15) is 18.4 Å². The molecule has 0 unspecified atom stereocenters. The molecule has 2 aromatic carbocycles. The minimum Gasteiger partial charge on any atom is -0.424 e. The van der Waals surface area contributed by atoms with Crippen molar-refractivity contribution in [2.24, 2.45) is 0 Å². The maximum Gasteiger partial charge on any atom is 0.492 e. The molecule has 2 aliphatic heterocycles. The number of halogens is 4. The summed E-state index contributed by atoms with van der Waals surface area (Å²) in [7, 11) is 0. The smallest absolute Gasteiger partial charge is 0.424 e. The molecule has 184 valence electrons. The van der Waals surface area contributed by atoms with Crippen molar-refractivity contribution in [2.45, 2.75) is 24.9 Å². The number of ether oxygens (including phenoxy) is 3. The topological polar surface area (TPSA) is 60.0 Å². The fraction of sp³-hybridized carbons (Fsp3) is 0.320. The summed E-state index contributed by atoms with van der Waals surface area (Å²) in [6.45, 7) is 1.98. The Morgan fingerprint density at radius 1 is 1.03 bits per heavy atom. The summed E-state index contributed by atoms with van der Waals surface area (Å²) in [5.41, 5.74) is 2.70. The third kappa shape index (κ3) is 4.58. The number of allylic oxidation sites excluding steroid dienone is 1. The van der Waals surface area contributed by atoms with Crippen LogP contribution in [0.2, 0.25) is 5.02 Å². The number of hydrogen-bond donors (Lipinski definition) is 1. The minimum absolute atomic E-state index is 0.162. The molecule has 1 atom stereocenters. The molecule has 35 heavy (non-hydrogen) atoms. The van der Waals surface area contributed by atoms with E-state index >= 15 is 0 Å². The van der Waals surface area contributed by atoms with E-state index in [0.29, 0.717) is 38.4 Å². The van der Waals surface area contributed by atoms with Gasteiger partial charge in [-0.1, -0.05) is 41.9 Å². The quantitative estimate of drug-likeness (QED) is 0.639. The number of morpholine rings is 1. The van der Waals surface area contributed by atoms with Crippen LogP contribution >= 0.6 is 11.6 Å². The lowest BCUT2D eigenvalue weighted by Crippen LogP contribution is -2.65. The van der Waals surface area contributed by atoms with Gasteiger partial charge in [-0.15, -0.1) is 0 Å². The molecule has 10 heteroatoms. The summed E-state index contributed by atoms with van der Waals surface area (Å²) in [5.74, 6) is -4.62. The summed E-state index contributed by atoms with van der Waals surface area (Å²) in [5, 5.41) is 2.18. The Hall–Kier alpha value is -3.17. The van der Waals surface area contributed by atoms with Gasteiger partial charge in [0, 0.05) is 35.4 Å². The van der Waals surface area contributed by atoms with Crippen molar-refractivity contribution in [2.75, 3.05) is 26.3 Å². The van der Waals surface area contributed by atoms with E-state index in [4.69, 9.17) is 25.8 Å². The SMILES string of the molecule is O=C(N[C@]1(C(F)(F)F)Oc2ccc(Cl)cc2O1)C1=C(N2CCOCC2)/C(=C/c2ccccc2)CC1. The van der Waals surface area contributed by atoms with Crippen molar-refractivity contribution >= 4 is 23.6 Å². The first-order chi connectivity index (χ1) is 16.8. The highest BCUT2D eigenvalue weighted by Gasteiger charge is 2.66. The highest BCUT2D eigenvalue weighted by Crippen LogP contribution is 2.46. The zero-order valence-electron chi connectivity index (χ0n) is 18.5. The van der Waals surface area contributed by atoms with Crippen LogP contribution in [0.3, 0.4) is 0 Å². The van der Waals surface area contributed by atoms with Crippen molar-refractivity contribution in [1.82, 2.24) is 10.2 Å². The molecule has 1 aliphatic carbocycles. The zero-order chi connectivity index (χ0) is 24.6. The van der Waals surface area contributed by atoms with E-state index in [-0.39, 0.29) is 28.5 Å². The molecule has 2 heterocycles. The Balaban J connectivity index is 1.50. The fourth-order valence-electron chi connectivity index (χ4n) is 4.42. The van der Waals surface area contributed by atoms with Gasteiger partial charge in [-0.05, 0) is 42.2 Å². The van der Waals surface area contributed by atoms with Gasteiger partial charge in [0.1, 0.15) is 0 Å². The van der Waals surface area contributed by atoms with Gasteiger partial charge in [-0.2, -0.15) is 13.2 Å². The van der Waals surface area contributed by atoms with Gasteiger partial charge in [0.2, 0.25) is 0 Å². The van der Waals surface area contributed by atoms with Crippen LogP contribution in [0.25, 0.3) is 6.08 Å². The lowest BCUT2D eigenvalue weighted by Gasteiger charge is -2.33. The van der Waals surface area contributed by atoms with Crippen molar-refractivity contribution in [3.63, 3.8) is 0 Å². The molecule has 0 bridgehead atoms. The van der Waals surface area contributed by atoms with Crippen molar-refractivity contribution in [1.29, 1.82) is 0 Å². The molecule has 0 saturated carbocycles. The second-order valence-corrected chi connectivity index (χ2v) is 8.81. The van der Waals surface area contributed by atoms with Crippen LogP contribution < -0.4 is 14.8 Å². The van der Waals surface area contributed by atoms with Gasteiger partial charge in [0.25, 0.3) is 5.91 Å². The molecule has 0 radical (unpaired) electrons. The van der Waals surface area contributed by atoms with E-state index in [1.165, 1.54) is 18.2 Å². The van der Waals surface area contributed by atoms with Crippen LogP contribution in [0.5, 0.6) is 11.5 Å². The zero-order valence-corrected chi connectivity index (χ0v) is 19.3. The number of alkyl halides is 3. The summed E-state index contributed by atoms with van der Waals surface area (Å²) in [6, 6.07) is 13.4. The normalized spacial score (nSPS) is 23.2. The maximum atomic E-state index is 14.2. The second-order valence-electron chi connectivity index (χ2n) is 8.37. The molecule has 1 amide bonds. The number of amides is 1. The van der Waals surface area contributed by atoms with Crippen LogP contribution in [-0.2, 0) is 9.53 Å². The molecule has 5 rings (SSSR count). The third-order valence-electron chi connectivity index (χ3n) is 6.04. The van der Waals surface area contributed by atoms with Crippen molar-refractivity contribution in [3.05, 3.63) is 76.0 Å². The van der Waals surface area contributed by atoms with Gasteiger partial charge < -0.3 is 19.1 Å². The molecule has 1 fully saturated rings. The Kier molecular flexibility index (Phi) is 6.14. The van der Waals surface area contributed by atoms with E-state index in [2.05, 4.69) is 0 Å². The van der Waals surface area contributed by atoms with Gasteiger partial charge in [0.15, 0.2) is 11.5 Å². The number of carbonyl (C=O) groups is 1. The Bertz CT molecular complexity index is 1190.